The molecule has 1 aliphatic rings. The Balaban J connectivity index is 1.41. The minimum atomic E-state index is -0.0102. The van der Waals surface area contributed by atoms with Crippen LogP contribution in [0.3, 0.4) is 0 Å². The van der Waals surface area contributed by atoms with Crippen LogP contribution < -0.4 is 15.0 Å². The van der Waals surface area contributed by atoms with Crippen LogP contribution in [-0.4, -0.2) is 50.3 Å². The molecule has 0 aliphatic carbocycles. The van der Waals surface area contributed by atoms with E-state index in [1.54, 1.807) is 0 Å². The highest BCUT2D eigenvalue weighted by Crippen LogP contribution is 2.22. The molecule has 0 unspecified atom stereocenters. The van der Waals surface area contributed by atoms with Crippen molar-refractivity contribution in [1.82, 2.24) is 10.2 Å². The largest absolute Gasteiger partial charge is 0.491 e. The first-order chi connectivity index (χ1) is 13.0. The van der Waals surface area contributed by atoms with Gasteiger partial charge in [-0.25, -0.2) is 4.79 Å². The summed E-state index contributed by atoms with van der Waals surface area (Å²) in [7, 11) is 0. The number of nitrogens with zero attached hydrogens (tertiary/aromatic N) is 2. The summed E-state index contributed by atoms with van der Waals surface area (Å²) in [5.74, 6) is 0.915. The summed E-state index contributed by atoms with van der Waals surface area (Å²) in [6, 6.07) is 14.6. The zero-order valence-corrected chi connectivity index (χ0v) is 16.5. The predicted molar refractivity (Wildman–Crippen MR) is 110 cm³/mol. The second-order valence-corrected chi connectivity index (χ2v) is 7.11. The zero-order chi connectivity index (χ0) is 19.2. The van der Waals surface area contributed by atoms with Gasteiger partial charge >= 0.3 is 6.03 Å². The predicted octanol–water partition coefficient (Wildman–Crippen LogP) is 3.52. The van der Waals surface area contributed by atoms with Crippen LogP contribution in [0.25, 0.3) is 0 Å². The van der Waals surface area contributed by atoms with Gasteiger partial charge in [-0.15, -0.1) is 0 Å². The smallest absolute Gasteiger partial charge is 0.317 e. The quantitative estimate of drug-likeness (QED) is 0.823. The molecular formula is C22H29N3O2. The third-order valence-corrected chi connectivity index (χ3v) is 4.97. The van der Waals surface area contributed by atoms with E-state index in [9.17, 15) is 4.79 Å². The molecule has 3 rings (SSSR count). The fourth-order valence-corrected chi connectivity index (χ4v) is 3.44. The Morgan fingerprint density at radius 2 is 1.67 bits per heavy atom. The van der Waals surface area contributed by atoms with Gasteiger partial charge in [0.2, 0.25) is 0 Å². The second kappa shape index (κ2) is 8.80. The van der Waals surface area contributed by atoms with Gasteiger partial charge in [-0.05, 0) is 49.6 Å². The monoisotopic (exact) mass is 367 g/mol. The summed E-state index contributed by atoms with van der Waals surface area (Å²) in [6.45, 7) is 10.3. The van der Waals surface area contributed by atoms with E-state index in [0.29, 0.717) is 13.2 Å². The van der Waals surface area contributed by atoms with Crippen molar-refractivity contribution in [3.8, 4) is 5.75 Å². The van der Waals surface area contributed by atoms with Crippen molar-refractivity contribution in [3.05, 3.63) is 59.2 Å². The van der Waals surface area contributed by atoms with Gasteiger partial charge in [-0.3, -0.25) is 0 Å². The average Bonchev–Trinajstić information content (AvgIpc) is 2.67. The van der Waals surface area contributed by atoms with Gasteiger partial charge < -0.3 is 19.9 Å². The van der Waals surface area contributed by atoms with Crippen molar-refractivity contribution >= 4 is 11.7 Å². The third kappa shape index (κ3) is 4.94. The minimum Gasteiger partial charge on any atom is -0.491 e. The number of nitrogens with one attached hydrogen (secondary N) is 1. The van der Waals surface area contributed by atoms with Crippen LogP contribution in [-0.2, 0) is 0 Å². The normalized spacial score (nSPS) is 14.2. The molecule has 1 aliphatic heterocycles. The van der Waals surface area contributed by atoms with Crippen molar-refractivity contribution in [3.63, 3.8) is 0 Å². The third-order valence-electron chi connectivity index (χ3n) is 4.97. The molecule has 0 aromatic heterocycles. The van der Waals surface area contributed by atoms with Crippen LogP contribution in [0, 0.1) is 20.8 Å². The SMILES string of the molecule is Cc1cccc(N2CCN(C(=O)NCCOc3c(C)cccc3C)CC2)c1. The molecule has 0 spiro atoms. The Morgan fingerprint density at radius 1 is 1.00 bits per heavy atom. The van der Waals surface area contributed by atoms with E-state index in [0.717, 1.165) is 43.1 Å². The van der Waals surface area contributed by atoms with Gasteiger partial charge in [-0.2, -0.15) is 0 Å². The molecule has 5 nitrogen and oxygen atoms in total. The number of ether oxygens (including phenoxy) is 1. The van der Waals surface area contributed by atoms with Crippen LogP contribution in [0.2, 0.25) is 0 Å². The lowest BCUT2D eigenvalue weighted by molar-refractivity contribution is 0.191. The Hall–Kier alpha value is -2.69. The van der Waals surface area contributed by atoms with Crippen molar-refractivity contribution in [2.75, 3.05) is 44.2 Å². The number of benzene rings is 2. The van der Waals surface area contributed by atoms with E-state index in [-0.39, 0.29) is 6.03 Å². The van der Waals surface area contributed by atoms with Gasteiger partial charge in [0.05, 0.1) is 6.54 Å². The highest BCUT2D eigenvalue weighted by atomic mass is 16.5. The zero-order valence-electron chi connectivity index (χ0n) is 16.5. The van der Waals surface area contributed by atoms with E-state index in [2.05, 4.69) is 41.4 Å². The van der Waals surface area contributed by atoms with Crippen LogP contribution in [0.1, 0.15) is 16.7 Å². The first-order valence-electron chi connectivity index (χ1n) is 9.58. The average molecular weight is 367 g/mol. The Labute approximate surface area is 161 Å². The maximum atomic E-state index is 12.4. The van der Waals surface area contributed by atoms with E-state index in [4.69, 9.17) is 4.74 Å². The number of anilines is 1. The molecule has 0 saturated carbocycles. The topological polar surface area (TPSA) is 44.8 Å². The van der Waals surface area contributed by atoms with Gasteiger partial charge in [0.1, 0.15) is 12.4 Å². The number of carbonyl (C=O) groups excluding carboxylic acids is 1. The summed E-state index contributed by atoms with van der Waals surface area (Å²) < 4.78 is 5.85. The van der Waals surface area contributed by atoms with E-state index >= 15 is 0 Å². The molecule has 0 radical (unpaired) electrons. The highest BCUT2D eigenvalue weighted by molar-refractivity contribution is 5.74. The molecule has 2 amide bonds. The maximum absolute atomic E-state index is 12.4. The fraction of sp³-hybridized carbons (Fsp3) is 0.409. The molecule has 27 heavy (non-hydrogen) atoms. The molecule has 1 heterocycles. The lowest BCUT2D eigenvalue weighted by atomic mass is 10.1. The first kappa shape index (κ1) is 19.1. The number of urea groups is 1. The number of carbonyl (C=O) groups is 1. The molecule has 2 aromatic carbocycles. The molecule has 0 atom stereocenters. The highest BCUT2D eigenvalue weighted by Gasteiger charge is 2.21. The van der Waals surface area contributed by atoms with E-state index in [1.165, 1.54) is 11.3 Å². The Bertz CT molecular complexity index is 763. The summed E-state index contributed by atoms with van der Waals surface area (Å²) in [5, 5.41) is 2.97. The molecule has 2 aromatic rings. The first-order valence-corrected chi connectivity index (χ1v) is 9.58. The number of piperazine rings is 1. The molecule has 1 saturated heterocycles. The van der Waals surface area contributed by atoms with Crippen molar-refractivity contribution < 1.29 is 9.53 Å². The van der Waals surface area contributed by atoms with E-state index in [1.807, 2.05) is 36.9 Å². The van der Waals surface area contributed by atoms with Crippen molar-refractivity contribution in [1.29, 1.82) is 0 Å². The lowest BCUT2D eigenvalue weighted by Crippen LogP contribution is -2.52. The molecule has 1 fully saturated rings. The summed E-state index contributed by atoms with van der Waals surface area (Å²) >= 11 is 0. The molecule has 144 valence electrons. The van der Waals surface area contributed by atoms with Gasteiger partial charge in [0, 0.05) is 31.9 Å². The number of aryl methyl sites for hydroxylation is 3. The van der Waals surface area contributed by atoms with Crippen LogP contribution >= 0.6 is 0 Å². The minimum absolute atomic E-state index is 0.0102. The summed E-state index contributed by atoms with van der Waals surface area (Å²) in [6.07, 6.45) is 0. The van der Waals surface area contributed by atoms with Crippen molar-refractivity contribution in [2.24, 2.45) is 0 Å². The van der Waals surface area contributed by atoms with Gasteiger partial charge in [0.25, 0.3) is 0 Å². The molecule has 5 heteroatoms. The van der Waals surface area contributed by atoms with Gasteiger partial charge in [-0.1, -0.05) is 30.3 Å². The number of rotatable bonds is 5. The lowest BCUT2D eigenvalue weighted by Gasteiger charge is -2.36. The number of hydrogen-bond donors (Lipinski definition) is 1. The standard InChI is InChI=1S/C22H29N3O2/c1-17-6-4-9-20(16-17)24-11-13-25(14-12-24)22(26)23-10-15-27-21-18(2)7-5-8-19(21)3/h4-9,16H,10-15H2,1-3H3,(H,23,26). The summed E-state index contributed by atoms with van der Waals surface area (Å²) in [4.78, 5) is 16.6. The summed E-state index contributed by atoms with van der Waals surface area (Å²) in [5.41, 5.74) is 4.73. The maximum Gasteiger partial charge on any atom is 0.317 e. The molecule has 0 bridgehead atoms. The number of para-hydroxylation sites is 1. The van der Waals surface area contributed by atoms with Gasteiger partial charge in [0.15, 0.2) is 0 Å². The van der Waals surface area contributed by atoms with Crippen molar-refractivity contribution in [2.45, 2.75) is 20.8 Å². The number of amides is 2. The van der Waals surface area contributed by atoms with E-state index < -0.39 is 0 Å². The number of hydrogen-bond acceptors (Lipinski definition) is 3. The van der Waals surface area contributed by atoms with Crippen LogP contribution in [0.4, 0.5) is 10.5 Å². The second-order valence-electron chi connectivity index (χ2n) is 7.11. The molecular weight excluding hydrogens is 338 g/mol. The van der Waals surface area contributed by atoms with Crippen LogP contribution in [0.15, 0.2) is 42.5 Å². The Kier molecular flexibility index (Phi) is 6.22. The fourth-order valence-electron chi connectivity index (χ4n) is 3.44. The van der Waals surface area contributed by atoms with Crippen LogP contribution in [0.5, 0.6) is 5.75 Å². The Morgan fingerprint density at radius 3 is 2.33 bits per heavy atom. The molecule has 1 N–H and O–H groups in total.